The Labute approximate surface area is 379 Å². The molecule has 0 fully saturated rings. The summed E-state index contributed by atoms with van der Waals surface area (Å²) in [5.74, 6) is 1.46. The molecule has 0 saturated carbocycles. The van der Waals surface area contributed by atoms with Gasteiger partial charge in [0.15, 0.2) is 0 Å². The van der Waals surface area contributed by atoms with Gasteiger partial charge in [0.1, 0.15) is 5.58 Å². The number of rotatable bonds is 8. The summed E-state index contributed by atoms with van der Waals surface area (Å²) in [5, 5.41) is 3.64. The standard InChI is InChI=1S/C37H23N2O.C19H26NSi.Ir/c1-3-12-25(13-4-1)27-22-23-28(26-14-5-2-6-15-26)34(24-27)39-33-20-9-8-19-32(33)38-37(39)31-18-11-17-30-29-16-7-10-21-35(29)40-36(30)31;1-14(2)11-17-12-18(16-9-7-15(3)8-10-16)20-13-19(17)21(4,5)6;/h1-17,19-24H;7-9,12-14H,11H2,1-6H3;/q2*-1;. The van der Waals surface area contributed by atoms with Crippen LogP contribution in [0.5, 0.6) is 0 Å². The third-order valence-corrected chi connectivity index (χ3v) is 13.3. The molecule has 1 radical (unpaired) electrons. The van der Waals surface area contributed by atoms with Gasteiger partial charge in [-0.1, -0.05) is 166 Å². The monoisotopic (exact) mass is 1000 g/mol. The van der Waals surface area contributed by atoms with E-state index in [4.69, 9.17) is 14.4 Å². The number of aryl methyl sites for hydroxylation is 1. The number of imidazole rings is 1. The van der Waals surface area contributed by atoms with E-state index >= 15 is 0 Å². The minimum Gasteiger partial charge on any atom is -0.501 e. The van der Waals surface area contributed by atoms with Crippen molar-refractivity contribution in [2.24, 2.45) is 5.92 Å². The first kappa shape index (κ1) is 42.5. The number of para-hydroxylation sites is 3. The number of hydrogen-bond acceptors (Lipinski definition) is 3. The van der Waals surface area contributed by atoms with Gasteiger partial charge in [-0.05, 0) is 64.2 Å². The van der Waals surface area contributed by atoms with Gasteiger partial charge in [0.2, 0.25) is 0 Å². The Morgan fingerprint density at radius 3 is 2.13 bits per heavy atom. The van der Waals surface area contributed by atoms with E-state index in [1.807, 2.05) is 42.5 Å². The van der Waals surface area contributed by atoms with E-state index in [-0.39, 0.29) is 20.1 Å². The zero-order valence-electron chi connectivity index (χ0n) is 36.0. The van der Waals surface area contributed by atoms with Gasteiger partial charge in [0, 0.05) is 42.9 Å². The molecule has 0 aliphatic rings. The van der Waals surface area contributed by atoms with Crippen LogP contribution in [0.3, 0.4) is 0 Å². The van der Waals surface area contributed by atoms with Crippen LogP contribution in [0.2, 0.25) is 19.6 Å². The normalized spacial score (nSPS) is 11.5. The Hall–Kier alpha value is -6.17. The van der Waals surface area contributed by atoms with Crippen LogP contribution in [-0.2, 0) is 26.5 Å². The van der Waals surface area contributed by atoms with Gasteiger partial charge in [0.25, 0.3) is 0 Å². The fourth-order valence-electron chi connectivity index (χ4n) is 8.27. The topological polar surface area (TPSA) is 43.9 Å². The van der Waals surface area contributed by atoms with E-state index in [9.17, 15) is 0 Å². The Kier molecular flexibility index (Phi) is 12.4. The molecule has 0 atom stereocenters. The molecule has 0 spiro atoms. The summed E-state index contributed by atoms with van der Waals surface area (Å²) in [6.45, 7) is 13.8. The van der Waals surface area contributed by atoms with Crippen molar-refractivity contribution >= 4 is 46.2 Å². The SMILES string of the molecule is Cc1c[c-]c(-c2cc(CC(C)C)c([Si](C)(C)C)cn2)cc1.[Ir].[c-]1ccc2c(oc3ccccc32)c1-c1nc2ccccc2n1-c1cc(-c2ccccc2)ccc1-c1ccccc1. The second kappa shape index (κ2) is 18.0. The summed E-state index contributed by atoms with van der Waals surface area (Å²) < 4.78 is 8.71. The summed E-state index contributed by atoms with van der Waals surface area (Å²) in [6.07, 6.45) is 3.24. The van der Waals surface area contributed by atoms with E-state index < -0.39 is 8.07 Å². The molecular weight excluding hydrogens is 951 g/mol. The van der Waals surface area contributed by atoms with Crippen LogP contribution in [0, 0.1) is 25.0 Å². The van der Waals surface area contributed by atoms with E-state index in [0.29, 0.717) is 5.92 Å². The third kappa shape index (κ3) is 8.64. The number of benzene rings is 7. The van der Waals surface area contributed by atoms with Gasteiger partial charge in [0.05, 0.1) is 30.5 Å². The van der Waals surface area contributed by atoms with Crippen molar-refractivity contribution in [3.05, 3.63) is 193 Å². The van der Waals surface area contributed by atoms with Crippen LogP contribution in [0.4, 0.5) is 0 Å². The second-order valence-electron chi connectivity index (χ2n) is 17.3. The van der Waals surface area contributed by atoms with Crippen LogP contribution in [0.15, 0.2) is 174 Å². The summed E-state index contributed by atoms with van der Waals surface area (Å²) >= 11 is 0. The number of pyridine rings is 1. The quantitative estimate of drug-likeness (QED) is 0.113. The number of nitrogens with zero attached hydrogens (tertiary/aromatic N) is 3. The number of furan rings is 1. The molecular formula is C56H49IrN3OSi-2. The molecule has 4 nitrogen and oxygen atoms in total. The van der Waals surface area contributed by atoms with Crippen LogP contribution >= 0.6 is 0 Å². The van der Waals surface area contributed by atoms with Crippen molar-refractivity contribution in [1.82, 2.24) is 14.5 Å². The molecule has 6 heteroatoms. The minimum atomic E-state index is -1.35. The average molecular weight is 1000 g/mol. The Morgan fingerprint density at radius 1 is 0.694 bits per heavy atom. The molecule has 0 saturated heterocycles. The predicted molar refractivity (Wildman–Crippen MR) is 258 cm³/mol. The smallest absolute Gasteiger partial charge is 0.120 e. The first-order valence-electron chi connectivity index (χ1n) is 21.2. The molecule has 0 amide bonds. The van der Waals surface area contributed by atoms with Gasteiger partial charge in [-0.25, -0.2) is 0 Å². The molecule has 0 unspecified atom stereocenters. The Bertz CT molecular complexity index is 3130. The van der Waals surface area contributed by atoms with E-state index in [1.165, 1.54) is 21.9 Å². The van der Waals surface area contributed by atoms with Crippen molar-refractivity contribution in [3.63, 3.8) is 0 Å². The first-order valence-corrected chi connectivity index (χ1v) is 24.7. The van der Waals surface area contributed by atoms with E-state index in [1.54, 1.807) is 0 Å². The fraction of sp³-hybridized carbons (Fsp3) is 0.143. The molecule has 3 aromatic heterocycles. The first-order chi connectivity index (χ1) is 29.6. The molecule has 0 N–H and O–H groups in total. The fourth-order valence-corrected chi connectivity index (χ4v) is 9.86. The molecule has 10 rings (SSSR count). The molecule has 7 aromatic carbocycles. The predicted octanol–water partition coefficient (Wildman–Crippen LogP) is 14.3. The maximum Gasteiger partial charge on any atom is 0.120 e. The Balaban J connectivity index is 0.000000205. The second-order valence-corrected chi connectivity index (χ2v) is 22.3. The van der Waals surface area contributed by atoms with Gasteiger partial charge < -0.3 is 14.0 Å². The average Bonchev–Trinajstić information content (AvgIpc) is 3.86. The van der Waals surface area contributed by atoms with Gasteiger partial charge >= 0.3 is 0 Å². The zero-order chi connectivity index (χ0) is 42.1. The molecule has 10 aromatic rings. The van der Waals surface area contributed by atoms with Gasteiger partial charge in [-0.15, -0.1) is 53.6 Å². The molecule has 62 heavy (non-hydrogen) atoms. The zero-order valence-corrected chi connectivity index (χ0v) is 39.4. The van der Waals surface area contributed by atoms with Crippen molar-refractivity contribution < 1.29 is 24.5 Å². The number of aromatic nitrogens is 3. The Morgan fingerprint density at radius 2 is 1.40 bits per heavy atom. The summed E-state index contributed by atoms with van der Waals surface area (Å²) in [7, 11) is -1.35. The summed E-state index contributed by atoms with van der Waals surface area (Å²) in [6, 6.07) is 63.6. The van der Waals surface area contributed by atoms with Crippen molar-refractivity contribution in [2.45, 2.75) is 46.8 Å². The van der Waals surface area contributed by atoms with Gasteiger partial charge in [-0.3, -0.25) is 4.98 Å². The minimum absolute atomic E-state index is 0. The van der Waals surface area contributed by atoms with Crippen LogP contribution in [0.1, 0.15) is 25.0 Å². The molecule has 0 aliphatic heterocycles. The molecule has 0 aliphatic carbocycles. The maximum absolute atomic E-state index is 6.45. The molecule has 3 heterocycles. The van der Waals surface area contributed by atoms with Crippen molar-refractivity contribution in [3.8, 4) is 50.6 Å². The number of fused-ring (bicyclic) bond motifs is 4. The van der Waals surface area contributed by atoms with Crippen molar-refractivity contribution in [1.29, 1.82) is 0 Å². The van der Waals surface area contributed by atoms with Gasteiger partial charge in [-0.2, -0.15) is 0 Å². The third-order valence-electron chi connectivity index (χ3n) is 11.2. The summed E-state index contributed by atoms with van der Waals surface area (Å²) in [5.41, 5.74) is 14.9. The van der Waals surface area contributed by atoms with E-state index in [2.05, 4.69) is 185 Å². The van der Waals surface area contributed by atoms with E-state index in [0.717, 1.165) is 84.4 Å². The van der Waals surface area contributed by atoms with Crippen LogP contribution in [0.25, 0.3) is 83.6 Å². The van der Waals surface area contributed by atoms with Crippen LogP contribution < -0.4 is 5.19 Å². The van der Waals surface area contributed by atoms with Crippen molar-refractivity contribution in [2.75, 3.05) is 0 Å². The molecule has 0 bridgehead atoms. The molecule has 309 valence electrons. The largest absolute Gasteiger partial charge is 0.501 e. The van der Waals surface area contributed by atoms with Crippen LogP contribution in [-0.4, -0.2) is 22.6 Å². The maximum atomic E-state index is 6.45. The summed E-state index contributed by atoms with van der Waals surface area (Å²) in [4.78, 5) is 9.90. The number of hydrogen-bond donors (Lipinski definition) is 0.